The van der Waals surface area contributed by atoms with Crippen molar-refractivity contribution in [2.75, 3.05) is 0 Å². The van der Waals surface area contributed by atoms with Crippen molar-refractivity contribution < 1.29 is 0 Å². The molecule has 1 aliphatic carbocycles. The lowest BCUT2D eigenvalue weighted by Crippen LogP contribution is -2.04. The largest absolute Gasteiger partial charge is 0.329 e. The molecule has 1 aliphatic rings. The summed E-state index contributed by atoms with van der Waals surface area (Å²) in [5.74, 6) is 0. The van der Waals surface area contributed by atoms with E-state index < -0.39 is 0 Å². The molecule has 0 spiro atoms. The van der Waals surface area contributed by atoms with Crippen LogP contribution >= 0.6 is 0 Å². The standard InChI is InChI=1S/C8H9NO/c10-8-4-6-2-1-3-7(6)5-9-8/h4-5H,1-3H2,(H,9,10). The maximum absolute atomic E-state index is 10.8. The number of aromatic nitrogens is 1. The third kappa shape index (κ3) is 0.764. The Bertz CT molecular complexity index is 300. The van der Waals surface area contributed by atoms with Crippen molar-refractivity contribution in [1.82, 2.24) is 4.98 Å². The molecule has 0 fully saturated rings. The lowest BCUT2D eigenvalue weighted by atomic mass is 10.2. The summed E-state index contributed by atoms with van der Waals surface area (Å²) in [5.41, 5.74) is 2.59. The molecule has 0 saturated heterocycles. The molecule has 2 nitrogen and oxygen atoms in total. The fraction of sp³-hybridized carbons (Fsp3) is 0.375. The number of aromatic amines is 1. The Kier molecular flexibility index (Phi) is 1.13. The van der Waals surface area contributed by atoms with Crippen molar-refractivity contribution in [2.24, 2.45) is 0 Å². The molecular weight excluding hydrogens is 126 g/mol. The van der Waals surface area contributed by atoms with Crippen molar-refractivity contribution >= 4 is 0 Å². The van der Waals surface area contributed by atoms with Crippen molar-refractivity contribution in [2.45, 2.75) is 19.3 Å². The summed E-state index contributed by atoms with van der Waals surface area (Å²) in [4.78, 5) is 13.4. The monoisotopic (exact) mass is 135 g/mol. The first kappa shape index (κ1) is 5.71. The number of nitrogens with one attached hydrogen (secondary N) is 1. The summed E-state index contributed by atoms with van der Waals surface area (Å²) < 4.78 is 0. The Balaban J connectivity index is 2.63. The first-order chi connectivity index (χ1) is 4.86. The summed E-state index contributed by atoms with van der Waals surface area (Å²) in [6.45, 7) is 0. The van der Waals surface area contributed by atoms with E-state index in [0.717, 1.165) is 12.8 Å². The third-order valence-electron chi connectivity index (χ3n) is 2.00. The topological polar surface area (TPSA) is 32.9 Å². The summed E-state index contributed by atoms with van der Waals surface area (Å²) >= 11 is 0. The zero-order chi connectivity index (χ0) is 6.97. The van der Waals surface area contributed by atoms with Crippen molar-refractivity contribution in [3.63, 3.8) is 0 Å². The van der Waals surface area contributed by atoms with Crippen LogP contribution in [0.1, 0.15) is 17.5 Å². The summed E-state index contributed by atoms with van der Waals surface area (Å²) in [6.07, 6.45) is 5.25. The molecule has 1 aromatic heterocycles. The number of hydrogen-bond donors (Lipinski definition) is 1. The molecule has 0 bridgehead atoms. The molecule has 0 atom stereocenters. The molecule has 1 aromatic rings. The molecule has 0 saturated carbocycles. The molecule has 1 heterocycles. The van der Waals surface area contributed by atoms with E-state index >= 15 is 0 Å². The SMILES string of the molecule is O=c1cc2c(c[nH]1)CCC2. The highest BCUT2D eigenvalue weighted by molar-refractivity contribution is 5.27. The van der Waals surface area contributed by atoms with Gasteiger partial charge in [0.25, 0.3) is 0 Å². The molecule has 52 valence electrons. The highest BCUT2D eigenvalue weighted by Gasteiger charge is 2.09. The second-order valence-electron chi connectivity index (χ2n) is 2.70. The average Bonchev–Trinajstić information content (AvgIpc) is 2.33. The van der Waals surface area contributed by atoms with Gasteiger partial charge in [-0.25, -0.2) is 0 Å². The number of fused-ring (bicyclic) bond motifs is 1. The average molecular weight is 135 g/mol. The van der Waals surface area contributed by atoms with Gasteiger partial charge in [0.15, 0.2) is 0 Å². The van der Waals surface area contributed by atoms with E-state index in [1.54, 1.807) is 6.07 Å². The minimum absolute atomic E-state index is 0.0284. The number of pyridine rings is 1. The molecule has 0 aliphatic heterocycles. The van der Waals surface area contributed by atoms with E-state index in [0.29, 0.717) is 0 Å². The Hall–Kier alpha value is -1.05. The van der Waals surface area contributed by atoms with Gasteiger partial charge < -0.3 is 4.98 Å². The maximum Gasteiger partial charge on any atom is 0.248 e. The molecule has 0 radical (unpaired) electrons. The van der Waals surface area contributed by atoms with Gasteiger partial charge in [-0.2, -0.15) is 0 Å². The Morgan fingerprint density at radius 1 is 1.30 bits per heavy atom. The third-order valence-corrected chi connectivity index (χ3v) is 2.00. The van der Waals surface area contributed by atoms with Gasteiger partial charge in [0.2, 0.25) is 5.56 Å². The minimum Gasteiger partial charge on any atom is -0.329 e. The number of aryl methyl sites for hydroxylation is 2. The van der Waals surface area contributed by atoms with Gasteiger partial charge in [-0.1, -0.05) is 0 Å². The van der Waals surface area contributed by atoms with Crippen LogP contribution in [0.2, 0.25) is 0 Å². The van der Waals surface area contributed by atoms with Gasteiger partial charge in [-0.05, 0) is 30.4 Å². The van der Waals surface area contributed by atoms with Crippen LogP contribution in [0, 0.1) is 0 Å². The van der Waals surface area contributed by atoms with Crippen LogP contribution in [0.3, 0.4) is 0 Å². The van der Waals surface area contributed by atoms with Crippen molar-refractivity contribution in [3.05, 3.63) is 33.7 Å². The zero-order valence-corrected chi connectivity index (χ0v) is 5.68. The van der Waals surface area contributed by atoms with Crippen molar-refractivity contribution in [1.29, 1.82) is 0 Å². The van der Waals surface area contributed by atoms with E-state index in [1.807, 2.05) is 6.20 Å². The lowest BCUT2D eigenvalue weighted by Gasteiger charge is -1.93. The summed E-state index contributed by atoms with van der Waals surface area (Å²) in [7, 11) is 0. The van der Waals surface area contributed by atoms with Gasteiger partial charge in [0.05, 0.1) is 0 Å². The highest BCUT2D eigenvalue weighted by atomic mass is 16.1. The molecule has 2 rings (SSSR count). The second kappa shape index (κ2) is 1.97. The van der Waals surface area contributed by atoms with E-state index in [1.165, 1.54) is 17.5 Å². The Morgan fingerprint density at radius 3 is 3.00 bits per heavy atom. The number of rotatable bonds is 0. The maximum atomic E-state index is 10.8. The Morgan fingerprint density at radius 2 is 2.10 bits per heavy atom. The Labute approximate surface area is 58.9 Å². The minimum atomic E-state index is 0.0284. The molecule has 0 amide bonds. The molecule has 0 unspecified atom stereocenters. The predicted octanol–water partition coefficient (Wildman–Crippen LogP) is 0.864. The predicted molar refractivity (Wildman–Crippen MR) is 39.1 cm³/mol. The molecule has 10 heavy (non-hydrogen) atoms. The molecule has 2 heteroatoms. The van der Waals surface area contributed by atoms with Crippen LogP contribution in [0.25, 0.3) is 0 Å². The fourth-order valence-corrected chi connectivity index (χ4v) is 1.48. The van der Waals surface area contributed by atoms with E-state index in [-0.39, 0.29) is 5.56 Å². The van der Waals surface area contributed by atoms with Gasteiger partial charge in [0, 0.05) is 12.3 Å². The van der Waals surface area contributed by atoms with Gasteiger partial charge in [-0.3, -0.25) is 4.79 Å². The van der Waals surface area contributed by atoms with Crippen LogP contribution < -0.4 is 5.56 Å². The fourth-order valence-electron chi connectivity index (χ4n) is 1.48. The quantitative estimate of drug-likeness (QED) is 0.562. The van der Waals surface area contributed by atoms with E-state index in [2.05, 4.69) is 4.98 Å². The normalized spacial score (nSPS) is 15.2. The van der Waals surface area contributed by atoms with E-state index in [4.69, 9.17) is 0 Å². The van der Waals surface area contributed by atoms with Gasteiger partial charge in [0.1, 0.15) is 0 Å². The van der Waals surface area contributed by atoms with Gasteiger partial charge >= 0.3 is 0 Å². The van der Waals surface area contributed by atoms with Crippen LogP contribution in [0.15, 0.2) is 17.1 Å². The summed E-state index contributed by atoms with van der Waals surface area (Å²) in [6, 6.07) is 1.71. The lowest BCUT2D eigenvalue weighted by molar-refractivity contribution is 0.911. The number of H-pyrrole nitrogens is 1. The smallest absolute Gasteiger partial charge is 0.248 e. The van der Waals surface area contributed by atoms with Gasteiger partial charge in [-0.15, -0.1) is 0 Å². The second-order valence-corrected chi connectivity index (χ2v) is 2.70. The van der Waals surface area contributed by atoms with E-state index in [9.17, 15) is 4.79 Å². The summed E-state index contributed by atoms with van der Waals surface area (Å²) in [5, 5.41) is 0. The zero-order valence-electron chi connectivity index (χ0n) is 5.68. The highest BCUT2D eigenvalue weighted by Crippen LogP contribution is 2.17. The molecular formula is C8H9NO. The van der Waals surface area contributed by atoms with Crippen molar-refractivity contribution in [3.8, 4) is 0 Å². The van der Waals surface area contributed by atoms with Crippen LogP contribution in [0.4, 0.5) is 0 Å². The van der Waals surface area contributed by atoms with Crippen LogP contribution in [-0.2, 0) is 12.8 Å². The molecule has 1 N–H and O–H groups in total. The van der Waals surface area contributed by atoms with Crippen LogP contribution in [0.5, 0.6) is 0 Å². The molecule has 0 aromatic carbocycles. The number of hydrogen-bond acceptors (Lipinski definition) is 1. The van der Waals surface area contributed by atoms with Crippen LogP contribution in [-0.4, -0.2) is 4.98 Å². The first-order valence-electron chi connectivity index (χ1n) is 3.57. The first-order valence-corrected chi connectivity index (χ1v) is 3.57.